The van der Waals surface area contributed by atoms with Gasteiger partial charge in [0.2, 0.25) is 0 Å². The smallest absolute Gasteiger partial charge is 0.323 e. The fraction of sp³-hybridized carbons (Fsp3) is 0.684. The van der Waals surface area contributed by atoms with E-state index in [9.17, 15) is 9.59 Å². The molecule has 0 unspecified atom stereocenters. The van der Waals surface area contributed by atoms with Crippen LogP contribution in [0.4, 0.5) is 0 Å². The third kappa shape index (κ3) is 4.40. The van der Waals surface area contributed by atoms with E-state index >= 15 is 0 Å². The van der Waals surface area contributed by atoms with E-state index in [4.69, 9.17) is 13.9 Å². The van der Waals surface area contributed by atoms with Crippen LogP contribution >= 0.6 is 0 Å². The Kier molecular flexibility index (Phi) is 6.88. The van der Waals surface area contributed by atoms with Gasteiger partial charge in [-0.15, -0.1) is 0 Å². The van der Waals surface area contributed by atoms with Crippen LogP contribution in [0.5, 0.6) is 0 Å². The van der Waals surface area contributed by atoms with Crippen molar-refractivity contribution < 1.29 is 23.5 Å². The first kappa shape index (κ1) is 18.6. The number of carbonyl (C=O) groups excluding carboxylic acids is 2. The molecule has 5 nitrogen and oxygen atoms in total. The molecule has 0 amide bonds. The van der Waals surface area contributed by atoms with Gasteiger partial charge in [-0.05, 0) is 38.3 Å². The maximum absolute atomic E-state index is 12.8. The molecule has 1 aliphatic rings. The maximum Gasteiger partial charge on any atom is 0.323 e. The molecule has 0 spiro atoms. The third-order valence-corrected chi connectivity index (χ3v) is 4.75. The highest BCUT2D eigenvalue weighted by molar-refractivity contribution is 6.00. The van der Waals surface area contributed by atoms with Gasteiger partial charge >= 0.3 is 11.9 Å². The summed E-state index contributed by atoms with van der Waals surface area (Å²) in [6, 6.07) is 3.55. The van der Waals surface area contributed by atoms with Crippen LogP contribution < -0.4 is 0 Å². The van der Waals surface area contributed by atoms with Crippen LogP contribution in [0.3, 0.4) is 0 Å². The summed E-state index contributed by atoms with van der Waals surface area (Å²) in [6.07, 6.45) is 7.80. The molecular weight excluding hydrogens is 308 g/mol. The summed E-state index contributed by atoms with van der Waals surface area (Å²) in [7, 11) is 0. The fourth-order valence-corrected chi connectivity index (χ4v) is 3.60. The van der Waals surface area contributed by atoms with Crippen molar-refractivity contribution in [3.8, 4) is 0 Å². The highest BCUT2D eigenvalue weighted by atomic mass is 16.6. The van der Waals surface area contributed by atoms with Crippen LogP contribution in [0.2, 0.25) is 0 Å². The van der Waals surface area contributed by atoms with Gasteiger partial charge in [0, 0.05) is 6.42 Å². The van der Waals surface area contributed by atoms with E-state index < -0.39 is 17.4 Å². The summed E-state index contributed by atoms with van der Waals surface area (Å²) < 4.78 is 16.0. The van der Waals surface area contributed by atoms with Crippen molar-refractivity contribution in [1.82, 2.24) is 0 Å². The number of hydrogen-bond acceptors (Lipinski definition) is 5. The SMILES string of the molecule is CCOC(=O)C(Cc1ccco1)(CC1CCCCC1)C(=O)OCC. The lowest BCUT2D eigenvalue weighted by molar-refractivity contribution is -0.174. The summed E-state index contributed by atoms with van der Waals surface area (Å²) in [4.78, 5) is 25.6. The minimum absolute atomic E-state index is 0.189. The zero-order chi connectivity index (χ0) is 17.4. The van der Waals surface area contributed by atoms with E-state index in [2.05, 4.69) is 0 Å². The average molecular weight is 336 g/mol. The minimum atomic E-state index is -1.31. The standard InChI is InChI=1S/C19H28O5/c1-3-22-17(20)19(18(21)23-4-2,14-16-11-8-12-24-16)13-15-9-6-5-7-10-15/h8,11-12,15H,3-7,9-10,13-14H2,1-2H3. The first-order chi connectivity index (χ1) is 11.6. The Bertz CT molecular complexity index is 496. The molecule has 0 radical (unpaired) electrons. The van der Waals surface area contributed by atoms with E-state index in [1.54, 1.807) is 32.2 Å². The molecule has 134 valence electrons. The second-order valence-corrected chi connectivity index (χ2v) is 6.49. The number of esters is 2. The summed E-state index contributed by atoms with van der Waals surface area (Å²) in [5, 5.41) is 0. The van der Waals surface area contributed by atoms with Gasteiger partial charge in [-0.25, -0.2) is 0 Å². The lowest BCUT2D eigenvalue weighted by atomic mass is 9.72. The Balaban J connectivity index is 2.32. The topological polar surface area (TPSA) is 65.7 Å². The second-order valence-electron chi connectivity index (χ2n) is 6.49. The average Bonchev–Trinajstić information content (AvgIpc) is 3.08. The van der Waals surface area contributed by atoms with Crippen molar-refractivity contribution in [2.24, 2.45) is 11.3 Å². The molecule has 0 aromatic carbocycles. The summed E-state index contributed by atoms with van der Waals surface area (Å²) in [5.74, 6) is -0.0507. The Morgan fingerprint density at radius 1 is 1.12 bits per heavy atom. The number of rotatable bonds is 8. The second kappa shape index (κ2) is 8.90. The molecule has 1 aromatic rings. The Morgan fingerprint density at radius 2 is 1.75 bits per heavy atom. The molecule has 1 aromatic heterocycles. The summed E-state index contributed by atoms with van der Waals surface area (Å²) in [6.45, 7) is 3.98. The molecule has 1 saturated carbocycles. The predicted molar refractivity (Wildman–Crippen MR) is 89.3 cm³/mol. The molecule has 24 heavy (non-hydrogen) atoms. The van der Waals surface area contributed by atoms with E-state index in [0.717, 1.165) is 25.7 Å². The molecule has 0 saturated heterocycles. The number of furan rings is 1. The van der Waals surface area contributed by atoms with Gasteiger partial charge in [-0.2, -0.15) is 0 Å². The molecule has 1 aliphatic carbocycles. The van der Waals surface area contributed by atoms with Crippen LogP contribution in [0, 0.1) is 11.3 Å². The molecule has 1 heterocycles. The summed E-state index contributed by atoms with van der Waals surface area (Å²) in [5.41, 5.74) is -1.31. The summed E-state index contributed by atoms with van der Waals surface area (Å²) >= 11 is 0. The minimum Gasteiger partial charge on any atom is -0.469 e. The number of hydrogen-bond donors (Lipinski definition) is 0. The van der Waals surface area contributed by atoms with Crippen LogP contribution in [-0.4, -0.2) is 25.2 Å². The number of carbonyl (C=O) groups is 2. The Labute approximate surface area is 143 Å². The zero-order valence-corrected chi connectivity index (χ0v) is 14.7. The monoisotopic (exact) mass is 336 g/mol. The molecule has 0 bridgehead atoms. The molecule has 0 aliphatic heterocycles. The third-order valence-electron chi connectivity index (χ3n) is 4.75. The van der Waals surface area contributed by atoms with Gasteiger partial charge in [0.15, 0.2) is 5.41 Å². The van der Waals surface area contributed by atoms with Gasteiger partial charge in [-0.3, -0.25) is 9.59 Å². The van der Waals surface area contributed by atoms with Crippen molar-refractivity contribution in [2.75, 3.05) is 13.2 Å². The van der Waals surface area contributed by atoms with Gasteiger partial charge in [-0.1, -0.05) is 32.1 Å². The van der Waals surface area contributed by atoms with E-state index in [1.807, 2.05) is 0 Å². The van der Waals surface area contributed by atoms with Crippen LogP contribution in [0.15, 0.2) is 22.8 Å². The fourth-order valence-electron chi connectivity index (χ4n) is 3.60. The lowest BCUT2D eigenvalue weighted by Crippen LogP contribution is -2.45. The van der Waals surface area contributed by atoms with Crippen LogP contribution in [-0.2, 0) is 25.5 Å². The molecule has 0 N–H and O–H groups in total. The van der Waals surface area contributed by atoms with Crippen molar-refractivity contribution in [2.45, 2.75) is 58.8 Å². The van der Waals surface area contributed by atoms with E-state index in [0.29, 0.717) is 18.1 Å². The largest absolute Gasteiger partial charge is 0.469 e. The highest BCUT2D eigenvalue weighted by Crippen LogP contribution is 2.39. The first-order valence-electron chi connectivity index (χ1n) is 8.99. The molecule has 1 fully saturated rings. The first-order valence-corrected chi connectivity index (χ1v) is 8.99. The Hall–Kier alpha value is -1.78. The quantitative estimate of drug-likeness (QED) is 0.532. The predicted octanol–water partition coefficient (Wildman–Crippen LogP) is 3.91. The van der Waals surface area contributed by atoms with Gasteiger partial charge < -0.3 is 13.9 Å². The lowest BCUT2D eigenvalue weighted by Gasteiger charge is -2.33. The molecule has 0 atom stereocenters. The Morgan fingerprint density at radius 3 is 2.25 bits per heavy atom. The van der Waals surface area contributed by atoms with Crippen molar-refractivity contribution in [3.05, 3.63) is 24.2 Å². The number of ether oxygens (including phenoxy) is 2. The van der Waals surface area contributed by atoms with Gasteiger partial charge in [0.25, 0.3) is 0 Å². The normalized spacial score (nSPS) is 15.9. The van der Waals surface area contributed by atoms with Crippen molar-refractivity contribution in [3.63, 3.8) is 0 Å². The molecule has 5 heteroatoms. The zero-order valence-electron chi connectivity index (χ0n) is 14.7. The maximum atomic E-state index is 12.8. The van der Waals surface area contributed by atoms with Gasteiger partial charge in [0.05, 0.1) is 19.5 Å². The van der Waals surface area contributed by atoms with Crippen molar-refractivity contribution in [1.29, 1.82) is 0 Å². The van der Waals surface area contributed by atoms with E-state index in [-0.39, 0.29) is 19.6 Å². The van der Waals surface area contributed by atoms with Crippen LogP contribution in [0.1, 0.15) is 58.1 Å². The van der Waals surface area contributed by atoms with E-state index in [1.165, 1.54) is 6.42 Å². The molecular formula is C19H28O5. The molecule has 2 rings (SSSR count). The van der Waals surface area contributed by atoms with Crippen molar-refractivity contribution >= 4 is 11.9 Å². The van der Waals surface area contributed by atoms with Gasteiger partial charge in [0.1, 0.15) is 5.76 Å². The highest BCUT2D eigenvalue weighted by Gasteiger charge is 2.50. The van der Waals surface area contributed by atoms with Crippen LogP contribution in [0.25, 0.3) is 0 Å².